The standard InChI is InChI=1S/C19H27N3O2/c1-11-7-8-12(2)19-18(11)15(14(4)21-19)10-17(24)22(6)13(3)9-16(23)20-5/h7-8,13,21H,9-10H2,1-6H3,(H,20,23)/t13-/m0/s1. The van der Waals surface area contributed by atoms with Crippen LogP contribution in [0.2, 0.25) is 0 Å². The lowest BCUT2D eigenvalue weighted by Gasteiger charge is -2.24. The molecule has 0 aliphatic rings. The van der Waals surface area contributed by atoms with Crippen molar-refractivity contribution in [3.8, 4) is 0 Å². The van der Waals surface area contributed by atoms with Gasteiger partial charge in [-0.05, 0) is 44.4 Å². The first-order valence-electron chi connectivity index (χ1n) is 8.29. The quantitative estimate of drug-likeness (QED) is 0.885. The summed E-state index contributed by atoms with van der Waals surface area (Å²) < 4.78 is 0. The van der Waals surface area contributed by atoms with E-state index < -0.39 is 0 Å². The van der Waals surface area contributed by atoms with Gasteiger partial charge in [0.05, 0.1) is 6.42 Å². The van der Waals surface area contributed by atoms with Crippen LogP contribution in [0.5, 0.6) is 0 Å². The van der Waals surface area contributed by atoms with Crippen LogP contribution in [0.15, 0.2) is 12.1 Å². The highest BCUT2D eigenvalue weighted by molar-refractivity contribution is 5.94. The number of nitrogens with one attached hydrogen (secondary N) is 2. The minimum Gasteiger partial charge on any atom is -0.359 e. The lowest BCUT2D eigenvalue weighted by molar-refractivity contribution is -0.132. The molecule has 0 saturated heterocycles. The zero-order chi connectivity index (χ0) is 18.0. The van der Waals surface area contributed by atoms with Gasteiger partial charge in [0, 0.05) is 43.2 Å². The lowest BCUT2D eigenvalue weighted by atomic mass is 10.0. The molecule has 0 spiro atoms. The van der Waals surface area contributed by atoms with E-state index in [0.717, 1.165) is 22.2 Å². The van der Waals surface area contributed by atoms with Crippen LogP contribution in [0.1, 0.15) is 35.7 Å². The van der Waals surface area contributed by atoms with Crippen LogP contribution in [0.25, 0.3) is 10.9 Å². The summed E-state index contributed by atoms with van der Waals surface area (Å²) >= 11 is 0. The van der Waals surface area contributed by atoms with Crippen molar-refractivity contribution < 1.29 is 9.59 Å². The van der Waals surface area contributed by atoms with Crippen molar-refractivity contribution in [3.63, 3.8) is 0 Å². The molecule has 0 fully saturated rings. The van der Waals surface area contributed by atoms with E-state index in [1.165, 1.54) is 11.1 Å². The Morgan fingerprint density at radius 3 is 2.46 bits per heavy atom. The second-order valence-electron chi connectivity index (χ2n) is 6.59. The summed E-state index contributed by atoms with van der Waals surface area (Å²) in [6.07, 6.45) is 0.647. The van der Waals surface area contributed by atoms with Gasteiger partial charge in [-0.15, -0.1) is 0 Å². The number of rotatable bonds is 5. The Morgan fingerprint density at radius 2 is 1.83 bits per heavy atom. The van der Waals surface area contributed by atoms with Crippen molar-refractivity contribution in [2.45, 2.75) is 46.6 Å². The van der Waals surface area contributed by atoms with Crippen molar-refractivity contribution in [1.29, 1.82) is 0 Å². The minimum atomic E-state index is -0.134. The minimum absolute atomic E-state index is 0.0244. The summed E-state index contributed by atoms with van der Waals surface area (Å²) in [6.45, 7) is 8.04. The van der Waals surface area contributed by atoms with Crippen LogP contribution in [0, 0.1) is 20.8 Å². The number of likely N-dealkylation sites (N-methyl/N-ethyl adjacent to an activating group) is 1. The zero-order valence-corrected chi connectivity index (χ0v) is 15.4. The molecule has 2 N–H and O–H groups in total. The molecule has 0 unspecified atom stereocenters. The molecule has 0 aliphatic carbocycles. The highest BCUT2D eigenvalue weighted by Crippen LogP contribution is 2.28. The Morgan fingerprint density at radius 1 is 1.21 bits per heavy atom. The lowest BCUT2D eigenvalue weighted by Crippen LogP contribution is -2.39. The zero-order valence-electron chi connectivity index (χ0n) is 15.4. The molecule has 2 rings (SSSR count). The van der Waals surface area contributed by atoms with E-state index in [1.54, 1.807) is 19.0 Å². The number of hydrogen-bond acceptors (Lipinski definition) is 2. The smallest absolute Gasteiger partial charge is 0.227 e. The Hall–Kier alpha value is -2.30. The molecular weight excluding hydrogens is 302 g/mol. The van der Waals surface area contributed by atoms with E-state index in [-0.39, 0.29) is 17.9 Å². The molecule has 0 saturated carbocycles. The fourth-order valence-electron chi connectivity index (χ4n) is 3.06. The third-order valence-electron chi connectivity index (χ3n) is 4.83. The van der Waals surface area contributed by atoms with E-state index in [1.807, 2.05) is 13.8 Å². The normalized spacial score (nSPS) is 12.2. The maximum atomic E-state index is 12.7. The average Bonchev–Trinajstić information content (AvgIpc) is 2.87. The van der Waals surface area contributed by atoms with E-state index in [2.05, 4.69) is 36.3 Å². The van der Waals surface area contributed by atoms with Crippen molar-refractivity contribution in [2.75, 3.05) is 14.1 Å². The second-order valence-corrected chi connectivity index (χ2v) is 6.59. The molecule has 0 aliphatic heterocycles. The van der Waals surface area contributed by atoms with Crippen LogP contribution in [0.3, 0.4) is 0 Å². The van der Waals surface area contributed by atoms with Crippen LogP contribution in [0.4, 0.5) is 0 Å². The van der Waals surface area contributed by atoms with Gasteiger partial charge in [-0.3, -0.25) is 9.59 Å². The maximum Gasteiger partial charge on any atom is 0.227 e. The number of aromatic amines is 1. The van der Waals surface area contributed by atoms with Crippen molar-refractivity contribution in [1.82, 2.24) is 15.2 Å². The number of amides is 2. The molecule has 0 bridgehead atoms. The summed E-state index contributed by atoms with van der Waals surface area (Å²) in [7, 11) is 3.37. The number of benzene rings is 1. The molecule has 2 aromatic rings. The highest BCUT2D eigenvalue weighted by Gasteiger charge is 2.21. The van der Waals surface area contributed by atoms with Crippen molar-refractivity contribution in [2.24, 2.45) is 0 Å². The molecule has 1 atom stereocenters. The molecular formula is C19H27N3O2. The predicted molar refractivity (Wildman–Crippen MR) is 97.1 cm³/mol. The van der Waals surface area contributed by atoms with Gasteiger partial charge in [-0.25, -0.2) is 0 Å². The van der Waals surface area contributed by atoms with Gasteiger partial charge >= 0.3 is 0 Å². The number of fused-ring (bicyclic) bond motifs is 1. The number of nitrogens with zero attached hydrogens (tertiary/aromatic N) is 1. The fraction of sp³-hybridized carbons (Fsp3) is 0.474. The molecule has 0 radical (unpaired) electrons. The van der Waals surface area contributed by atoms with Crippen molar-refractivity contribution in [3.05, 3.63) is 34.5 Å². The first-order chi connectivity index (χ1) is 11.3. The Labute approximate surface area is 143 Å². The maximum absolute atomic E-state index is 12.7. The van der Waals surface area contributed by atoms with Gasteiger partial charge in [0.25, 0.3) is 0 Å². The predicted octanol–water partition coefficient (Wildman–Crippen LogP) is 2.62. The van der Waals surface area contributed by atoms with Gasteiger partial charge in [-0.1, -0.05) is 12.1 Å². The van der Waals surface area contributed by atoms with E-state index >= 15 is 0 Å². The van der Waals surface area contributed by atoms with Gasteiger partial charge in [0.1, 0.15) is 0 Å². The first-order valence-corrected chi connectivity index (χ1v) is 8.29. The largest absolute Gasteiger partial charge is 0.359 e. The monoisotopic (exact) mass is 329 g/mol. The third-order valence-corrected chi connectivity index (χ3v) is 4.83. The summed E-state index contributed by atoms with van der Waals surface area (Å²) in [6, 6.07) is 4.05. The summed E-state index contributed by atoms with van der Waals surface area (Å²) in [5.41, 5.74) is 5.54. The summed E-state index contributed by atoms with van der Waals surface area (Å²) in [5.74, 6) is -0.0341. The van der Waals surface area contributed by atoms with E-state index in [9.17, 15) is 9.59 Å². The molecule has 1 heterocycles. The summed E-state index contributed by atoms with van der Waals surface area (Å²) in [5, 5.41) is 3.75. The first kappa shape index (κ1) is 18.0. The number of aromatic nitrogens is 1. The molecule has 130 valence electrons. The number of H-pyrrole nitrogens is 1. The SMILES string of the molecule is CNC(=O)C[C@H](C)N(C)C(=O)Cc1c(C)[nH]c2c(C)ccc(C)c12. The van der Waals surface area contributed by atoms with Gasteiger partial charge in [0.2, 0.25) is 11.8 Å². The number of aryl methyl sites for hydroxylation is 3. The third kappa shape index (κ3) is 3.45. The second kappa shape index (κ2) is 7.07. The van der Waals surface area contributed by atoms with Gasteiger partial charge in [-0.2, -0.15) is 0 Å². The van der Waals surface area contributed by atoms with E-state index in [0.29, 0.717) is 12.8 Å². The fourth-order valence-corrected chi connectivity index (χ4v) is 3.06. The van der Waals surface area contributed by atoms with Crippen LogP contribution >= 0.6 is 0 Å². The van der Waals surface area contributed by atoms with Gasteiger partial charge in [0.15, 0.2) is 0 Å². The van der Waals surface area contributed by atoms with Crippen molar-refractivity contribution >= 4 is 22.7 Å². The van der Waals surface area contributed by atoms with Gasteiger partial charge < -0.3 is 15.2 Å². The average molecular weight is 329 g/mol. The Kier molecular flexibility index (Phi) is 5.32. The Bertz CT molecular complexity index is 777. The molecule has 5 heteroatoms. The van der Waals surface area contributed by atoms with Crippen LogP contribution in [-0.4, -0.2) is 41.8 Å². The highest BCUT2D eigenvalue weighted by atomic mass is 16.2. The van der Waals surface area contributed by atoms with Crippen LogP contribution in [-0.2, 0) is 16.0 Å². The number of carbonyl (C=O) groups is 2. The number of carbonyl (C=O) groups excluding carboxylic acids is 2. The molecule has 1 aromatic carbocycles. The van der Waals surface area contributed by atoms with E-state index in [4.69, 9.17) is 0 Å². The molecule has 5 nitrogen and oxygen atoms in total. The summed E-state index contributed by atoms with van der Waals surface area (Å²) in [4.78, 5) is 29.3. The Balaban J connectivity index is 2.26. The molecule has 1 aromatic heterocycles. The molecule has 2 amide bonds. The topological polar surface area (TPSA) is 65.2 Å². The van der Waals surface area contributed by atoms with Crippen LogP contribution < -0.4 is 5.32 Å². The number of hydrogen-bond donors (Lipinski definition) is 2. The molecule has 24 heavy (non-hydrogen) atoms.